The maximum Gasteiger partial charge on any atom is 0.253 e. The number of carbonyl (C=O) groups excluding carboxylic acids is 1. The van der Waals surface area contributed by atoms with Crippen molar-refractivity contribution in [2.75, 3.05) is 33.7 Å². The zero-order valence-electron chi connectivity index (χ0n) is 19.3. The number of rotatable bonds is 7. The molecule has 4 heteroatoms. The van der Waals surface area contributed by atoms with E-state index in [1.54, 1.807) is 4.90 Å². The van der Waals surface area contributed by atoms with E-state index in [1.165, 1.54) is 30.4 Å². The average Bonchev–Trinajstić information content (AvgIpc) is 3.02. The standard InChI is InChI=1S/C27H37N3O/c1-5-16-30-24-14-15-25(30)19-29(18-24)26(23-9-7-8-20(6-2)17-23)21-10-12-22(13-11-21)27(31)28(3)4/h5,7-13,20,24-26H,1,6,14-19H2,2-4H3. The second-order valence-electron chi connectivity index (χ2n) is 9.55. The lowest BCUT2D eigenvalue weighted by Gasteiger charge is -2.45. The number of likely N-dealkylation sites (tertiary alicyclic amines) is 1. The Bertz CT molecular complexity index is 840. The number of allylic oxidation sites excluding steroid dienone is 3. The molecule has 4 nitrogen and oxygen atoms in total. The zero-order valence-corrected chi connectivity index (χ0v) is 19.3. The van der Waals surface area contributed by atoms with Gasteiger partial charge in [-0.15, -0.1) is 6.58 Å². The van der Waals surface area contributed by atoms with Gasteiger partial charge in [-0.2, -0.15) is 0 Å². The van der Waals surface area contributed by atoms with Gasteiger partial charge in [0.1, 0.15) is 0 Å². The maximum absolute atomic E-state index is 12.4. The molecule has 2 saturated heterocycles. The van der Waals surface area contributed by atoms with Crippen LogP contribution in [0.3, 0.4) is 0 Å². The number of benzene rings is 1. The summed E-state index contributed by atoms with van der Waals surface area (Å²) in [5.41, 5.74) is 3.58. The van der Waals surface area contributed by atoms with Crippen molar-refractivity contribution in [2.45, 2.75) is 50.7 Å². The summed E-state index contributed by atoms with van der Waals surface area (Å²) in [6, 6.07) is 9.90. The van der Waals surface area contributed by atoms with Gasteiger partial charge in [-0.1, -0.05) is 43.4 Å². The van der Waals surface area contributed by atoms with Crippen molar-refractivity contribution in [1.29, 1.82) is 0 Å². The second-order valence-corrected chi connectivity index (χ2v) is 9.55. The van der Waals surface area contributed by atoms with Crippen LogP contribution in [0.2, 0.25) is 0 Å². The third-order valence-electron chi connectivity index (χ3n) is 7.31. The Labute approximate surface area is 187 Å². The molecule has 3 aliphatic rings. The van der Waals surface area contributed by atoms with Crippen molar-refractivity contribution in [3.05, 3.63) is 71.8 Å². The molecule has 2 aliphatic heterocycles. The summed E-state index contributed by atoms with van der Waals surface area (Å²) in [6.07, 6.45) is 13.9. The van der Waals surface area contributed by atoms with Crippen LogP contribution < -0.4 is 0 Å². The number of hydrogen-bond acceptors (Lipinski definition) is 3. The summed E-state index contributed by atoms with van der Waals surface area (Å²) >= 11 is 0. The minimum Gasteiger partial charge on any atom is -0.345 e. The molecular formula is C27H37N3O. The van der Waals surface area contributed by atoms with Gasteiger partial charge >= 0.3 is 0 Å². The van der Waals surface area contributed by atoms with Crippen LogP contribution >= 0.6 is 0 Å². The number of amides is 1. The van der Waals surface area contributed by atoms with Crippen LogP contribution in [0.5, 0.6) is 0 Å². The predicted octanol–water partition coefficient (Wildman–Crippen LogP) is 4.68. The fourth-order valence-electron chi connectivity index (χ4n) is 5.66. The normalized spacial score (nSPS) is 27.1. The molecule has 1 aromatic rings. The lowest BCUT2D eigenvalue weighted by Crippen LogP contribution is -2.54. The molecule has 1 aliphatic carbocycles. The van der Waals surface area contributed by atoms with E-state index >= 15 is 0 Å². The molecule has 2 fully saturated rings. The Morgan fingerprint density at radius 1 is 1.19 bits per heavy atom. The Balaban J connectivity index is 1.63. The van der Waals surface area contributed by atoms with E-state index in [0.717, 1.165) is 31.6 Å². The van der Waals surface area contributed by atoms with E-state index in [4.69, 9.17) is 0 Å². The van der Waals surface area contributed by atoms with Crippen molar-refractivity contribution >= 4 is 5.91 Å². The van der Waals surface area contributed by atoms with E-state index in [1.807, 2.05) is 26.2 Å². The summed E-state index contributed by atoms with van der Waals surface area (Å²) in [7, 11) is 3.61. The highest BCUT2D eigenvalue weighted by Crippen LogP contribution is 2.40. The molecule has 4 rings (SSSR count). The molecule has 0 saturated carbocycles. The first-order valence-corrected chi connectivity index (χ1v) is 11.8. The third kappa shape index (κ3) is 4.56. The molecule has 2 heterocycles. The largest absolute Gasteiger partial charge is 0.345 e. The number of fused-ring (bicyclic) bond motifs is 2. The highest BCUT2D eigenvalue weighted by Gasteiger charge is 2.42. The van der Waals surface area contributed by atoms with Crippen LogP contribution in [0.4, 0.5) is 0 Å². The van der Waals surface area contributed by atoms with E-state index in [2.05, 4.69) is 59.7 Å². The van der Waals surface area contributed by atoms with Crippen LogP contribution in [0, 0.1) is 5.92 Å². The molecule has 0 spiro atoms. The van der Waals surface area contributed by atoms with Crippen molar-refractivity contribution in [3.8, 4) is 0 Å². The first-order chi connectivity index (χ1) is 15.0. The summed E-state index contributed by atoms with van der Waals surface area (Å²) in [6.45, 7) is 9.46. The number of nitrogens with zero attached hydrogens (tertiary/aromatic N) is 3. The lowest BCUT2D eigenvalue weighted by atomic mass is 9.84. The molecule has 0 N–H and O–H groups in total. The molecule has 0 aromatic heterocycles. The van der Waals surface area contributed by atoms with Crippen LogP contribution in [0.15, 0.2) is 60.7 Å². The summed E-state index contributed by atoms with van der Waals surface area (Å²) < 4.78 is 0. The Morgan fingerprint density at radius 3 is 2.45 bits per heavy atom. The van der Waals surface area contributed by atoms with Gasteiger partial charge in [-0.05, 0) is 54.9 Å². The van der Waals surface area contributed by atoms with Crippen LogP contribution in [-0.4, -0.2) is 66.4 Å². The van der Waals surface area contributed by atoms with E-state index < -0.39 is 0 Å². The zero-order chi connectivity index (χ0) is 22.0. The first-order valence-electron chi connectivity index (χ1n) is 11.8. The predicted molar refractivity (Wildman–Crippen MR) is 128 cm³/mol. The minimum atomic E-state index is 0.0602. The second kappa shape index (κ2) is 9.54. The van der Waals surface area contributed by atoms with Gasteiger partial charge in [-0.25, -0.2) is 0 Å². The van der Waals surface area contributed by atoms with Crippen molar-refractivity contribution in [3.63, 3.8) is 0 Å². The van der Waals surface area contributed by atoms with Crippen LogP contribution in [0.25, 0.3) is 0 Å². The van der Waals surface area contributed by atoms with Crippen molar-refractivity contribution in [2.24, 2.45) is 5.92 Å². The van der Waals surface area contributed by atoms with Gasteiger partial charge < -0.3 is 4.90 Å². The Kier molecular flexibility index (Phi) is 6.78. The van der Waals surface area contributed by atoms with E-state index in [-0.39, 0.29) is 11.9 Å². The Hall–Kier alpha value is -2.17. The van der Waals surface area contributed by atoms with Gasteiger partial charge in [0.05, 0.1) is 6.04 Å². The fraction of sp³-hybridized carbons (Fsp3) is 0.519. The van der Waals surface area contributed by atoms with E-state index in [9.17, 15) is 4.79 Å². The molecule has 166 valence electrons. The monoisotopic (exact) mass is 419 g/mol. The quantitative estimate of drug-likeness (QED) is 0.601. The lowest BCUT2D eigenvalue weighted by molar-refractivity contribution is 0.0560. The molecule has 1 aromatic carbocycles. The van der Waals surface area contributed by atoms with Gasteiger partial charge in [0, 0.05) is 51.4 Å². The maximum atomic E-state index is 12.4. The summed E-state index contributed by atoms with van der Waals surface area (Å²) in [5.74, 6) is 0.681. The van der Waals surface area contributed by atoms with Gasteiger partial charge in [0.15, 0.2) is 0 Å². The van der Waals surface area contributed by atoms with Gasteiger partial charge in [0.25, 0.3) is 5.91 Å². The highest BCUT2D eigenvalue weighted by molar-refractivity contribution is 5.93. The highest BCUT2D eigenvalue weighted by atomic mass is 16.2. The number of piperazine rings is 1. The Morgan fingerprint density at radius 2 is 1.87 bits per heavy atom. The van der Waals surface area contributed by atoms with Crippen molar-refractivity contribution < 1.29 is 4.79 Å². The molecule has 2 bridgehead atoms. The summed E-state index contributed by atoms with van der Waals surface area (Å²) in [5, 5.41) is 0. The number of hydrogen-bond donors (Lipinski definition) is 0. The molecule has 1 amide bonds. The number of carbonyl (C=O) groups is 1. The van der Waals surface area contributed by atoms with Gasteiger partial charge in [-0.3, -0.25) is 14.6 Å². The van der Waals surface area contributed by atoms with Crippen LogP contribution in [0.1, 0.15) is 54.6 Å². The molecular weight excluding hydrogens is 382 g/mol. The van der Waals surface area contributed by atoms with Crippen LogP contribution in [-0.2, 0) is 0 Å². The third-order valence-corrected chi connectivity index (χ3v) is 7.31. The fourth-order valence-corrected chi connectivity index (χ4v) is 5.66. The first kappa shape index (κ1) is 22.0. The molecule has 4 unspecified atom stereocenters. The van der Waals surface area contributed by atoms with E-state index in [0.29, 0.717) is 18.0 Å². The topological polar surface area (TPSA) is 26.8 Å². The molecule has 0 radical (unpaired) electrons. The molecule has 4 atom stereocenters. The molecule has 31 heavy (non-hydrogen) atoms. The summed E-state index contributed by atoms with van der Waals surface area (Å²) in [4.78, 5) is 19.4. The smallest absolute Gasteiger partial charge is 0.253 e. The minimum absolute atomic E-state index is 0.0602. The van der Waals surface area contributed by atoms with Gasteiger partial charge in [0.2, 0.25) is 0 Å². The average molecular weight is 420 g/mol. The van der Waals surface area contributed by atoms with Crippen molar-refractivity contribution in [1.82, 2.24) is 14.7 Å². The SMILES string of the molecule is C=CCN1C2CCC1CN(C(C1=CC=CC(CC)C1)c1ccc(C(=O)N(C)C)cc1)C2.